The standard InChI is InChI=1S/C28H23ClN4O3/c1-32-11-10-28(36,27(32)35)9-8-16-6-7-20-18-13-19(14-18)33-23(15-17-4-2-3-5-22(17)29)24(25(30)34)31-26(33)21(20)12-16/h2-7,12-13,19,36H,10-11,14-15H2,1H3,(H2,30,34)/t19?,28-/m0/s1. The molecule has 1 unspecified atom stereocenters. The Bertz CT molecular complexity index is 1560. The molecule has 1 saturated heterocycles. The Morgan fingerprint density at radius 3 is 2.75 bits per heavy atom. The highest BCUT2D eigenvalue weighted by molar-refractivity contribution is 6.31. The van der Waals surface area contributed by atoms with Gasteiger partial charge in [0.05, 0.1) is 11.7 Å². The number of likely N-dealkylation sites (tertiary alicyclic amines) is 1. The van der Waals surface area contributed by atoms with Gasteiger partial charge in [-0.2, -0.15) is 0 Å². The molecule has 2 bridgehead atoms. The zero-order valence-corrected chi connectivity index (χ0v) is 20.3. The first-order chi connectivity index (χ1) is 17.2. The molecular formula is C28H23ClN4O3. The fourth-order valence-electron chi connectivity index (χ4n) is 5.22. The summed E-state index contributed by atoms with van der Waals surface area (Å²) >= 11 is 6.44. The van der Waals surface area contributed by atoms with Crippen LogP contribution in [0.15, 0.2) is 48.5 Å². The molecule has 1 aliphatic carbocycles. The molecule has 2 aromatic carbocycles. The number of imidazole rings is 1. The summed E-state index contributed by atoms with van der Waals surface area (Å²) in [6.45, 7) is 0.464. The number of aromatic nitrogens is 2. The highest BCUT2D eigenvalue weighted by Crippen LogP contribution is 2.48. The number of nitrogens with two attached hydrogens (primary N) is 1. The summed E-state index contributed by atoms with van der Waals surface area (Å²) in [7, 11) is 1.65. The van der Waals surface area contributed by atoms with Gasteiger partial charge in [0.1, 0.15) is 11.5 Å². The van der Waals surface area contributed by atoms with Gasteiger partial charge in [-0.3, -0.25) is 9.59 Å². The largest absolute Gasteiger partial charge is 0.369 e. The lowest BCUT2D eigenvalue weighted by Gasteiger charge is -2.26. The number of primary amides is 1. The number of nitrogens with zero attached hydrogens (tertiary/aromatic N) is 3. The lowest BCUT2D eigenvalue weighted by molar-refractivity contribution is -0.137. The van der Waals surface area contributed by atoms with E-state index in [0.717, 1.165) is 28.8 Å². The normalized spacial score (nSPS) is 21.5. The fraction of sp³-hybridized carbons (Fsp3) is 0.250. The van der Waals surface area contributed by atoms with Crippen molar-refractivity contribution in [3.8, 4) is 23.2 Å². The van der Waals surface area contributed by atoms with Gasteiger partial charge in [0.25, 0.3) is 11.8 Å². The number of carbonyl (C=O) groups excluding carboxylic acids is 2. The molecule has 8 heteroatoms. The van der Waals surface area contributed by atoms with E-state index in [2.05, 4.69) is 22.5 Å². The summed E-state index contributed by atoms with van der Waals surface area (Å²) in [4.78, 5) is 31.0. The number of hydrogen-bond donors (Lipinski definition) is 2. The van der Waals surface area contributed by atoms with Crippen LogP contribution < -0.4 is 5.73 Å². The van der Waals surface area contributed by atoms with Gasteiger partial charge in [0.2, 0.25) is 5.60 Å². The van der Waals surface area contributed by atoms with E-state index in [1.807, 2.05) is 42.5 Å². The molecule has 3 aromatic rings. The second kappa shape index (κ2) is 8.09. The maximum atomic E-state index is 12.5. The molecular weight excluding hydrogens is 476 g/mol. The van der Waals surface area contributed by atoms with E-state index in [9.17, 15) is 14.7 Å². The van der Waals surface area contributed by atoms with Crippen LogP contribution in [-0.2, 0) is 11.2 Å². The van der Waals surface area contributed by atoms with Crippen molar-refractivity contribution < 1.29 is 14.7 Å². The van der Waals surface area contributed by atoms with Crippen LogP contribution in [0.3, 0.4) is 0 Å². The highest BCUT2D eigenvalue weighted by atomic mass is 35.5. The molecule has 7 rings (SSSR count). The van der Waals surface area contributed by atoms with Gasteiger partial charge in [0.15, 0.2) is 0 Å². The van der Waals surface area contributed by atoms with E-state index in [1.165, 1.54) is 10.5 Å². The number of amides is 2. The lowest BCUT2D eigenvalue weighted by atomic mass is 9.86. The number of aliphatic hydroxyl groups is 1. The van der Waals surface area contributed by atoms with Crippen molar-refractivity contribution >= 4 is 29.0 Å². The number of likely N-dealkylation sites (N-methyl/N-ethyl adjacent to an activating group) is 1. The number of benzene rings is 2. The minimum Gasteiger partial charge on any atom is -0.369 e. The molecule has 36 heavy (non-hydrogen) atoms. The van der Waals surface area contributed by atoms with Crippen LogP contribution in [0.25, 0.3) is 17.0 Å². The molecule has 1 fully saturated rings. The summed E-state index contributed by atoms with van der Waals surface area (Å²) in [5, 5.41) is 11.3. The second-order valence-electron chi connectivity index (χ2n) is 9.54. The summed E-state index contributed by atoms with van der Waals surface area (Å²) in [5.74, 6) is 5.43. The first-order valence-electron chi connectivity index (χ1n) is 11.8. The van der Waals surface area contributed by atoms with E-state index in [-0.39, 0.29) is 24.1 Å². The Kier molecular flexibility index (Phi) is 5.08. The molecule has 0 saturated carbocycles. The molecule has 0 spiro atoms. The minimum absolute atomic E-state index is 0.0578. The van der Waals surface area contributed by atoms with Gasteiger partial charge < -0.3 is 20.3 Å². The van der Waals surface area contributed by atoms with Crippen LogP contribution in [0.1, 0.15) is 51.8 Å². The van der Waals surface area contributed by atoms with Gasteiger partial charge in [0, 0.05) is 42.6 Å². The molecule has 2 amide bonds. The van der Waals surface area contributed by atoms with Crippen molar-refractivity contribution in [3.63, 3.8) is 0 Å². The number of carbonyl (C=O) groups is 2. The highest BCUT2D eigenvalue weighted by Gasteiger charge is 2.42. The van der Waals surface area contributed by atoms with Crippen molar-refractivity contribution in [2.75, 3.05) is 13.6 Å². The first kappa shape index (κ1) is 22.6. The van der Waals surface area contributed by atoms with Gasteiger partial charge in [-0.25, -0.2) is 4.98 Å². The van der Waals surface area contributed by atoms with E-state index in [1.54, 1.807) is 7.05 Å². The molecule has 4 aliphatic rings. The Labute approximate surface area is 213 Å². The third-order valence-electron chi connectivity index (χ3n) is 7.24. The summed E-state index contributed by atoms with van der Waals surface area (Å²) in [5.41, 5.74) is 9.65. The predicted octanol–water partition coefficient (Wildman–Crippen LogP) is 3.18. The third kappa shape index (κ3) is 3.45. The van der Waals surface area contributed by atoms with Crippen LogP contribution in [0.4, 0.5) is 0 Å². The van der Waals surface area contributed by atoms with Crippen LogP contribution in [0.2, 0.25) is 5.02 Å². The Morgan fingerprint density at radius 2 is 2.06 bits per heavy atom. The molecule has 3 N–H and O–H groups in total. The number of halogens is 1. The van der Waals surface area contributed by atoms with E-state index >= 15 is 0 Å². The van der Waals surface area contributed by atoms with Gasteiger partial charge in [-0.1, -0.05) is 53.8 Å². The molecule has 7 nitrogen and oxygen atoms in total. The zero-order chi connectivity index (χ0) is 25.2. The quantitative estimate of drug-likeness (QED) is 0.541. The molecule has 0 radical (unpaired) electrons. The lowest BCUT2D eigenvalue weighted by Crippen LogP contribution is -2.37. The molecule has 1 aromatic heterocycles. The molecule has 3 aliphatic heterocycles. The van der Waals surface area contributed by atoms with Crippen molar-refractivity contribution in [3.05, 3.63) is 81.6 Å². The van der Waals surface area contributed by atoms with Crippen LogP contribution in [-0.4, -0.2) is 50.6 Å². The first-order valence-corrected chi connectivity index (χ1v) is 12.1. The predicted molar refractivity (Wildman–Crippen MR) is 136 cm³/mol. The Morgan fingerprint density at radius 1 is 1.28 bits per heavy atom. The number of hydrogen-bond acceptors (Lipinski definition) is 4. The number of rotatable bonds is 3. The molecule has 4 heterocycles. The monoisotopic (exact) mass is 498 g/mol. The van der Waals surface area contributed by atoms with E-state index < -0.39 is 11.5 Å². The SMILES string of the molecule is CN1CC[C@@](O)(C#Cc2ccc3c(c2)-c2nc(C(N)=O)c(Cc4ccccc4Cl)n2C2C=C3C2)C1=O. The topological polar surface area (TPSA) is 101 Å². The average molecular weight is 499 g/mol. The van der Waals surface area contributed by atoms with Crippen LogP contribution >= 0.6 is 11.6 Å². The third-order valence-corrected chi connectivity index (χ3v) is 7.61. The Balaban J connectivity index is 1.47. The van der Waals surface area contributed by atoms with Crippen molar-refractivity contribution in [1.82, 2.24) is 14.5 Å². The van der Waals surface area contributed by atoms with Crippen LogP contribution in [0, 0.1) is 11.8 Å². The maximum Gasteiger partial charge on any atom is 0.269 e. The minimum atomic E-state index is -1.68. The van der Waals surface area contributed by atoms with Gasteiger partial charge >= 0.3 is 0 Å². The molecule has 2 atom stereocenters. The summed E-state index contributed by atoms with van der Waals surface area (Å²) in [6.07, 6.45) is 3.68. The van der Waals surface area contributed by atoms with Crippen molar-refractivity contribution in [1.29, 1.82) is 0 Å². The summed E-state index contributed by atoms with van der Waals surface area (Å²) < 4.78 is 2.08. The van der Waals surface area contributed by atoms with Crippen molar-refractivity contribution in [2.45, 2.75) is 30.9 Å². The number of allylic oxidation sites excluding steroid dienone is 2. The fourth-order valence-corrected chi connectivity index (χ4v) is 5.43. The van der Waals surface area contributed by atoms with Gasteiger partial charge in [-0.05, 0) is 41.3 Å². The average Bonchev–Trinajstić information content (AvgIpc) is 3.23. The maximum absolute atomic E-state index is 12.5. The zero-order valence-electron chi connectivity index (χ0n) is 19.6. The molecule has 180 valence electrons. The smallest absolute Gasteiger partial charge is 0.269 e. The van der Waals surface area contributed by atoms with E-state index in [0.29, 0.717) is 29.4 Å². The second-order valence-corrected chi connectivity index (χ2v) is 9.95. The van der Waals surface area contributed by atoms with Crippen LogP contribution in [0.5, 0.6) is 0 Å². The summed E-state index contributed by atoms with van der Waals surface area (Å²) in [6, 6.07) is 13.4. The Hall–Kier alpha value is -3.86. The van der Waals surface area contributed by atoms with Gasteiger partial charge in [-0.15, -0.1) is 0 Å². The van der Waals surface area contributed by atoms with Crippen molar-refractivity contribution in [2.24, 2.45) is 5.73 Å². The van der Waals surface area contributed by atoms with E-state index in [4.69, 9.17) is 22.3 Å².